The second kappa shape index (κ2) is 5.34. The van der Waals surface area contributed by atoms with E-state index in [1.807, 2.05) is 0 Å². The van der Waals surface area contributed by atoms with Crippen LogP contribution in [0.1, 0.15) is 68.9 Å². The van der Waals surface area contributed by atoms with Crippen LogP contribution in [0.25, 0.3) is 0 Å². The second-order valence-electron chi connectivity index (χ2n) is 7.61. The number of unbranched alkanes of at least 4 members (excludes halogenated alkanes) is 3. The lowest BCUT2D eigenvalue weighted by molar-refractivity contribution is 0.364. The number of benzene rings is 1. The van der Waals surface area contributed by atoms with E-state index in [0.717, 1.165) is 23.8 Å². The molecule has 4 atom stereocenters. The Balaban J connectivity index is 1.62. The van der Waals surface area contributed by atoms with Gasteiger partial charge in [-0.1, -0.05) is 38.3 Å². The summed E-state index contributed by atoms with van der Waals surface area (Å²) < 4.78 is 0. The normalized spacial score (nSPS) is 32.6. The summed E-state index contributed by atoms with van der Waals surface area (Å²) in [5, 5.41) is 0. The van der Waals surface area contributed by atoms with Crippen molar-refractivity contribution in [3.8, 4) is 0 Å². The van der Waals surface area contributed by atoms with E-state index in [-0.39, 0.29) is 0 Å². The summed E-state index contributed by atoms with van der Waals surface area (Å²) in [5.74, 6) is 2.84. The minimum atomic E-state index is 0.849. The van der Waals surface area contributed by atoms with Gasteiger partial charge in [-0.3, -0.25) is 0 Å². The first-order valence-electron chi connectivity index (χ1n) is 9.17. The predicted octanol–water partition coefficient (Wildman–Crippen LogP) is 5.28. The van der Waals surface area contributed by atoms with E-state index in [0.29, 0.717) is 0 Å². The number of hydrogen-bond acceptors (Lipinski definition) is 1. The fourth-order valence-electron chi connectivity index (χ4n) is 5.60. The molecule has 1 aliphatic heterocycles. The molecular weight excluding hydrogens is 254 g/mol. The highest BCUT2D eigenvalue weighted by Crippen LogP contribution is 2.61. The first kappa shape index (κ1) is 13.7. The SMILES string of the molecule is CCCCCCN1c2cccc(C)c2[C@H]2C3CCC(C3)[C@H]21. The Morgan fingerprint density at radius 3 is 2.81 bits per heavy atom. The summed E-state index contributed by atoms with van der Waals surface area (Å²) in [5.41, 5.74) is 4.87. The molecule has 1 heterocycles. The molecule has 2 saturated carbocycles. The Morgan fingerprint density at radius 2 is 1.95 bits per heavy atom. The van der Waals surface area contributed by atoms with Crippen LogP contribution in [0.5, 0.6) is 0 Å². The van der Waals surface area contributed by atoms with Crippen LogP contribution < -0.4 is 4.90 Å². The molecule has 1 nitrogen and oxygen atoms in total. The maximum absolute atomic E-state index is 2.83. The summed E-state index contributed by atoms with van der Waals surface area (Å²) in [6.45, 7) is 5.93. The first-order valence-corrected chi connectivity index (χ1v) is 9.17. The highest BCUT2D eigenvalue weighted by Gasteiger charge is 2.55. The number of rotatable bonds is 5. The molecule has 1 heteroatoms. The smallest absolute Gasteiger partial charge is 0.0407 e. The van der Waals surface area contributed by atoms with Crippen molar-refractivity contribution < 1.29 is 0 Å². The summed E-state index contributed by atoms with van der Waals surface area (Å²) in [7, 11) is 0. The zero-order chi connectivity index (χ0) is 14.4. The molecular formula is C20H29N. The van der Waals surface area contributed by atoms with Crippen molar-refractivity contribution in [1.29, 1.82) is 0 Å². The molecule has 0 aromatic heterocycles. The van der Waals surface area contributed by atoms with Crippen LogP contribution in [0.15, 0.2) is 18.2 Å². The van der Waals surface area contributed by atoms with Gasteiger partial charge in [0.2, 0.25) is 0 Å². The highest BCUT2D eigenvalue weighted by molar-refractivity contribution is 5.66. The lowest BCUT2D eigenvalue weighted by Crippen LogP contribution is -2.39. The number of fused-ring (bicyclic) bond motifs is 7. The largest absolute Gasteiger partial charge is 0.367 e. The maximum atomic E-state index is 2.83. The van der Waals surface area contributed by atoms with Gasteiger partial charge in [0.1, 0.15) is 0 Å². The molecule has 2 bridgehead atoms. The number of aryl methyl sites for hydroxylation is 1. The molecule has 2 unspecified atom stereocenters. The van der Waals surface area contributed by atoms with E-state index in [2.05, 4.69) is 36.9 Å². The van der Waals surface area contributed by atoms with E-state index in [1.54, 1.807) is 16.8 Å². The average molecular weight is 283 g/mol. The van der Waals surface area contributed by atoms with Crippen molar-refractivity contribution in [2.45, 2.75) is 70.8 Å². The van der Waals surface area contributed by atoms with Crippen LogP contribution >= 0.6 is 0 Å². The molecule has 1 aromatic carbocycles. The molecule has 4 rings (SSSR count). The standard InChI is InChI=1S/C20H29N/c1-3-4-5-6-12-21-17-9-7-8-14(2)18(17)19-15-10-11-16(13-15)20(19)21/h7-9,15-16,19-20H,3-6,10-13H2,1-2H3/t15?,16?,19-,20-/m1/s1. The molecule has 3 aliphatic rings. The zero-order valence-corrected chi connectivity index (χ0v) is 13.6. The number of nitrogens with zero attached hydrogens (tertiary/aromatic N) is 1. The van der Waals surface area contributed by atoms with Gasteiger partial charge >= 0.3 is 0 Å². The molecule has 2 fully saturated rings. The molecule has 21 heavy (non-hydrogen) atoms. The van der Waals surface area contributed by atoms with Gasteiger partial charge in [0, 0.05) is 24.2 Å². The Kier molecular flexibility index (Phi) is 3.47. The van der Waals surface area contributed by atoms with Crippen molar-refractivity contribution >= 4 is 5.69 Å². The van der Waals surface area contributed by atoms with E-state index >= 15 is 0 Å². The molecule has 0 saturated heterocycles. The quantitative estimate of drug-likeness (QED) is 0.665. The van der Waals surface area contributed by atoms with Crippen LogP contribution in [-0.4, -0.2) is 12.6 Å². The van der Waals surface area contributed by atoms with E-state index in [4.69, 9.17) is 0 Å². The maximum Gasteiger partial charge on any atom is 0.0407 e. The third-order valence-corrected chi connectivity index (χ3v) is 6.43. The summed E-state index contributed by atoms with van der Waals surface area (Å²) >= 11 is 0. The van der Waals surface area contributed by atoms with Gasteiger partial charge in [-0.05, 0) is 61.6 Å². The lowest BCUT2D eigenvalue weighted by Gasteiger charge is -2.33. The molecule has 114 valence electrons. The van der Waals surface area contributed by atoms with Crippen molar-refractivity contribution in [2.24, 2.45) is 11.8 Å². The fraction of sp³-hybridized carbons (Fsp3) is 0.700. The summed E-state index contributed by atoms with van der Waals surface area (Å²) in [6, 6.07) is 7.86. The Hall–Kier alpha value is -0.980. The highest BCUT2D eigenvalue weighted by atomic mass is 15.2. The van der Waals surface area contributed by atoms with Crippen molar-refractivity contribution in [3.63, 3.8) is 0 Å². The van der Waals surface area contributed by atoms with E-state index < -0.39 is 0 Å². The van der Waals surface area contributed by atoms with Crippen molar-refractivity contribution in [2.75, 3.05) is 11.4 Å². The molecule has 0 amide bonds. The van der Waals surface area contributed by atoms with E-state index in [9.17, 15) is 0 Å². The van der Waals surface area contributed by atoms with Crippen molar-refractivity contribution in [1.82, 2.24) is 0 Å². The number of anilines is 1. The minimum absolute atomic E-state index is 0.849. The van der Waals surface area contributed by atoms with Crippen LogP contribution in [0.4, 0.5) is 5.69 Å². The van der Waals surface area contributed by atoms with Crippen LogP contribution in [0.3, 0.4) is 0 Å². The van der Waals surface area contributed by atoms with Gasteiger partial charge < -0.3 is 4.90 Å². The average Bonchev–Trinajstić information content (AvgIpc) is 3.15. The summed E-state index contributed by atoms with van der Waals surface area (Å²) in [6.07, 6.45) is 10.0. The molecule has 1 aromatic rings. The molecule has 0 N–H and O–H groups in total. The van der Waals surface area contributed by atoms with Gasteiger partial charge in [-0.15, -0.1) is 0 Å². The zero-order valence-electron chi connectivity index (χ0n) is 13.6. The van der Waals surface area contributed by atoms with Crippen LogP contribution in [0.2, 0.25) is 0 Å². The lowest BCUT2D eigenvalue weighted by atomic mass is 9.81. The molecule has 2 aliphatic carbocycles. The molecule has 0 spiro atoms. The second-order valence-corrected chi connectivity index (χ2v) is 7.61. The van der Waals surface area contributed by atoms with Crippen LogP contribution in [-0.2, 0) is 0 Å². The number of hydrogen-bond donors (Lipinski definition) is 0. The van der Waals surface area contributed by atoms with Crippen LogP contribution in [0, 0.1) is 18.8 Å². The van der Waals surface area contributed by atoms with Gasteiger partial charge in [-0.2, -0.15) is 0 Å². The predicted molar refractivity (Wildman–Crippen MR) is 90.0 cm³/mol. The van der Waals surface area contributed by atoms with Gasteiger partial charge in [0.25, 0.3) is 0 Å². The Labute approximate surface area is 129 Å². The Bertz CT molecular complexity index is 521. The fourth-order valence-corrected chi connectivity index (χ4v) is 5.60. The van der Waals surface area contributed by atoms with Crippen molar-refractivity contribution in [3.05, 3.63) is 29.3 Å². The van der Waals surface area contributed by atoms with Gasteiger partial charge in [0.05, 0.1) is 0 Å². The van der Waals surface area contributed by atoms with Gasteiger partial charge in [0.15, 0.2) is 0 Å². The first-order chi connectivity index (χ1) is 10.3. The third-order valence-electron chi connectivity index (χ3n) is 6.43. The topological polar surface area (TPSA) is 3.24 Å². The molecule has 0 radical (unpaired) electrons. The minimum Gasteiger partial charge on any atom is -0.367 e. The van der Waals surface area contributed by atoms with Gasteiger partial charge in [-0.25, -0.2) is 0 Å². The van der Waals surface area contributed by atoms with E-state index in [1.165, 1.54) is 51.5 Å². The Morgan fingerprint density at radius 1 is 1.10 bits per heavy atom. The third kappa shape index (κ3) is 2.04. The monoisotopic (exact) mass is 283 g/mol. The summed E-state index contributed by atoms with van der Waals surface area (Å²) in [4.78, 5) is 2.83.